The highest BCUT2D eigenvalue weighted by Crippen LogP contribution is 2.21. The van der Waals surface area contributed by atoms with Crippen LogP contribution in [0.1, 0.15) is 54.7 Å². The molecule has 1 aromatic heterocycles. The third-order valence-corrected chi connectivity index (χ3v) is 5.24. The summed E-state index contributed by atoms with van der Waals surface area (Å²) in [6.07, 6.45) is 7.70. The minimum atomic E-state index is -0.0604. The predicted octanol–water partition coefficient (Wildman–Crippen LogP) is 3.57. The van der Waals surface area contributed by atoms with Crippen molar-refractivity contribution in [3.8, 4) is 5.69 Å². The van der Waals surface area contributed by atoms with Crippen LogP contribution in [0.3, 0.4) is 0 Å². The highest BCUT2D eigenvalue weighted by Gasteiger charge is 2.18. The summed E-state index contributed by atoms with van der Waals surface area (Å²) in [5, 5.41) is 7.52. The smallest absolute Gasteiger partial charge is 0.270 e. The number of para-hydroxylation sites is 1. The summed E-state index contributed by atoms with van der Waals surface area (Å²) in [5.74, 6) is -0.0604. The van der Waals surface area contributed by atoms with Gasteiger partial charge in [-0.3, -0.25) is 4.79 Å². The number of hydrogen-bond acceptors (Lipinski definition) is 3. The van der Waals surface area contributed by atoms with Gasteiger partial charge in [-0.05, 0) is 58.0 Å². The molecule has 1 N–H and O–H groups in total. The van der Waals surface area contributed by atoms with Crippen LogP contribution in [0.5, 0.6) is 0 Å². The second-order valence-corrected chi connectivity index (χ2v) is 7.30. The van der Waals surface area contributed by atoms with Gasteiger partial charge in [-0.15, -0.1) is 0 Å². The summed E-state index contributed by atoms with van der Waals surface area (Å²) >= 11 is 0. The Morgan fingerprint density at radius 3 is 2.69 bits per heavy atom. The van der Waals surface area contributed by atoms with Crippen molar-refractivity contribution < 1.29 is 4.79 Å². The Hall–Kier alpha value is -2.14. The molecule has 0 atom stereocenters. The molecule has 1 aliphatic carbocycles. The van der Waals surface area contributed by atoms with Gasteiger partial charge in [0.25, 0.3) is 5.91 Å². The van der Waals surface area contributed by atoms with Crippen LogP contribution >= 0.6 is 0 Å². The van der Waals surface area contributed by atoms with Gasteiger partial charge in [0, 0.05) is 12.6 Å². The maximum atomic E-state index is 12.6. The van der Waals surface area contributed by atoms with E-state index in [4.69, 9.17) is 0 Å². The molecule has 1 saturated carbocycles. The van der Waals surface area contributed by atoms with Gasteiger partial charge in [-0.25, -0.2) is 4.68 Å². The summed E-state index contributed by atoms with van der Waals surface area (Å²) in [6.45, 7) is 3.63. The van der Waals surface area contributed by atoms with Crippen molar-refractivity contribution in [2.45, 2.75) is 51.5 Å². The normalized spacial score (nSPS) is 15.3. The van der Waals surface area contributed by atoms with Crippen LogP contribution in [0.15, 0.2) is 36.4 Å². The first-order chi connectivity index (χ1) is 12.6. The molecule has 2 aromatic rings. The molecular weight excluding hydrogens is 324 g/mol. The topological polar surface area (TPSA) is 50.2 Å². The summed E-state index contributed by atoms with van der Waals surface area (Å²) in [4.78, 5) is 15.1. The molecule has 3 rings (SSSR count). The number of aryl methyl sites for hydroxylation is 1. The summed E-state index contributed by atoms with van der Waals surface area (Å²) in [5.41, 5.74) is 2.34. The molecule has 140 valence electrons. The summed E-state index contributed by atoms with van der Waals surface area (Å²) < 4.78 is 1.72. The van der Waals surface area contributed by atoms with Crippen molar-refractivity contribution in [3.05, 3.63) is 47.8 Å². The first-order valence-corrected chi connectivity index (χ1v) is 9.75. The standard InChI is InChI=1S/C21H30N4O/c1-17-16-20(25(23-17)19-12-7-4-8-13-19)21(26)22-14-9-15-24(2)18-10-5-3-6-11-18/h4,7-8,12-13,16,18H,3,5-6,9-11,14-15H2,1-2H3,(H,22,26). The third-order valence-electron chi connectivity index (χ3n) is 5.24. The molecule has 0 bridgehead atoms. The van der Waals surface area contributed by atoms with Crippen molar-refractivity contribution in [1.82, 2.24) is 20.0 Å². The van der Waals surface area contributed by atoms with Crippen LogP contribution in [0, 0.1) is 6.92 Å². The fourth-order valence-corrected chi connectivity index (χ4v) is 3.75. The Bertz CT molecular complexity index is 704. The highest BCUT2D eigenvalue weighted by atomic mass is 16.2. The van der Waals surface area contributed by atoms with Gasteiger partial charge < -0.3 is 10.2 Å². The number of benzene rings is 1. The lowest BCUT2D eigenvalue weighted by Gasteiger charge is -2.31. The average molecular weight is 354 g/mol. The molecular formula is C21H30N4O. The number of rotatable bonds is 7. The van der Waals surface area contributed by atoms with Crippen LogP contribution < -0.4 is 5.32 Å². The molecule has 0 unspecified atom stereocenters. The first-order valence-electron chi connectivity index (χ1n) is 9.75. The number of amides is 1. The predicted molar refractivity (Wildman–Crippen MR) is 105 cm³/mol. The number of carbonyl (C=O) groups excluding carboxylic acids is 1. The van der Waals surface area contributed by atoms with E-state index >= 15 is 0 Å². The number of aromatic nitrogens is 2. The lowest BCUT2D eigenvalue weighted by molar-refractivity contribution is 0.0942. The molecule has 1 fully saturated rings. The monoisotopic (exact) mass is 354 g/mol. The Morgan fingerprint density at radius 1 is 1.23 bits per heavy atom. The molecule has 1 aliphatic rings. The van der Waals surface area contributed by atoms with Crippen LogP contribution in [-0.4, -0.2) is 46.8 Å². The summed E-state index contributed by atoms with van der Waals surface area (Å²) in [6, 6.07) is 12.4. The second-order valence-electron chi connectivity index (χ2n) is 7.30. The largest absolute Gasteiger partial charge is 0.351 e. The molecule has 1 aromatic carbocycles. The van der Waals surface area contributed by atoms with Crippen molar-refractivity contribution in [1.29, 1.82) is 0 Å². The SMILES string of the molecule is Cc1cc(C(=O)NCCCN(C)C2CCCCC2)n(-c2ccccc2)n1. The van der Waals surface area contributed by atoms with E-state index in [2.05, 4.69) is 22.4 Å². The maximum Gasteiger partial charge on any atom is 0.270 e. The van der Waals surface area contributed by atoms with Crippen LogP contribution in [0.25, 0.3) is 5.69 Å². The fourth-order valence-electron chi connectivity index (χ4n) is 3.75. The van der Waals surface area contributed by atoms with Crippen molar-refractivity contribution in [2.75, 3.05) is 20.1 Å². The molecule has 1 heterocycles. The number of carbonyl (C=O) groups is 1. The van der Waals surface area contributed by atoms with Gasteiger partial charge in [0.1, 0.15) is 5.69 Å². The number of nitrogens with zero attached hydrogens (tertiary/aromatic N) is 3. The minimum absolute atomic E-state index is 0.0604. The van der Waals surface area contributed by atoms with Crippen molar-refractivity contribution in [2.24, 2.45) is 0 Å². The number of hydrogen-bond donors (Lipinski definition) is 1. The molecule has 5 nitrogen and oxygen atoms in total. The molecule has 0 spiro atoms. The Balaban J connectivity index is 1.51. The molecule has 0 saturated heterocycles. The van der Waals surface area contributed by atoms with E-state index in [0.717, 1.165) is 30.4 Å². The van der Waals surface area contributed by atoms with Crippen LogP contribution in [-0.2, 0) is 0 Å². The lowest BCUT2D eigenvalue weighted by Crippen LogP contribution is -2.36. The van der Waals surface area contributed by atoms with Crippen LogP contribution in [0.2, 0.25) is 0 Å². The zero-order valence-electron chi connectivity index (χ0n) is 15.9. The fraction of sp³-hybridized carbons (Fsp3) is 0.524. The zero-order chi connectivity index (χ0) is 18.4. The summed E-state index contributed by atoms with van der Waals surface area (Å²) in [7, 11) is 2.21. The van der Waals surface area contributed by atoms with E-state index < -0.39 is 0 Å². The van der Waals surface area contributed by atoms with Crippen molar-refractivity contribution >= 4 is 5.91 Å². The van der Waals surface area contributed by atoms with E-state index in [0.29, 0.717) is 12.2 Å². The van der Waals surface area contributed by atoms with Crippen molar-refractivity contribution in [3.63, 3.8) is 0 Å². The van der Waals surface area contributed by atoms with E-state index in [-0.39, 0.29) is 5.91 Å². The van der Waals surface area contributed by atoms with E-state index in [1.807, 2.05) is 43.3 Å². The zero-order valence-corrected chi connectivity index (χ0v) is 15.9. The Labute approximate surface area is 156 Å². The van der Waals surface area contributed by atoms with Gasteiger partial charge in [0.2, 0.25) is 0 Å². The average Bonchev–Trinajstić information content (AvgIpc) is 3.08. The molecule has 26 heavy (non-hydrogen) atoms. The Morgan fingerprint density at radius 2 is 1.96 bits per heavy atom. The number of nitrogens with one attached hydrogen (secondary N) is 1. The van der Waals surface area contributed by atoms with E-state index in [1.165, 1.54) is 32.1 Å². The maximum absolute atomic E-state index is 12.6. The molecule has 0 aliphatic heterocycles. The van der Waals surface area contributed by atoms with Gasteiger partial charge in [0.05, 0.1) is 11.4 Å². The van der Waals surface area contributed by atoms with Gasteiger partial charge in [-0.1, -0.05) is 37.5 Å². The lowest BCUT2D eigenvalue weighted by atomic mass is 9.94. The van der Waals surface area contributed by atoms with E-state index in [9.17, 15) is 4.79 Å². The molecule has 5 heteroatoms. The minimum Gasteiger partial charge on any atom is -0.351 e. The van der Waals surface area contributed by atoms with Gasteiger partial charge in [-0.2, -0.15) is 5.10 Å². The van der Waals surface area contributed by atoms with Gasteiger partial charge >= 0.3 is 0 Å². The quantitative estimate of drug-likeness (QED) is 0.774. The first kappa shape index (κ1) is 18.6. The second kappa shape index (κ2) is 8.99. The Kier molecular flexibility index (Phi) is 6.45. The highest BCUT2D eigenvalue weighted by molar-refractivity contribution is 5.93. The van der Waals surface area contributed by atoms with E-state index in [1.54, 1.807) is 4.68 Å². The third kappa shape index (κ3) is 4.73. The molecule has 1 amide bonds. The van der Waals surface area contributed by atoms with Gasteiger partial charge in [0.15, 0.2) is 0 Å². The van der Waals surface area contributed by atoms with Crippen LogP contribution in [0.4, 0.5) is 0 Å². The molecule has 0 radical (unpaired) electrons.